The van der Waals surface area contributed by atoms with Gasteiger partial charge in [0, 0.05) is 35.5 Å². The summed E-state index contributed by atoms with van der Waals surface area (Å²) >= 11 is 0. The maximum atomic E-state index is 11.7. The third-order valence-electron chi connectivity index (χ3n) is 7.68. The predicted molar refractivity (Wildman–Crippen MR) is 190 cm³/mol. The second-order valence-electron chi connectivity index (χ2n) is 12.6. The summed E-state index contributed by atoms with van der Waals surface area (Å²) in [6.45, 7) is 9.00. The van der Waals surface area contributed by atoms with Gasteiger partial charge in [-0.1, -0.05) is 102 Å². The zero-order valence-electron chi connectivity index (χ0n) is 28.5. The first-order valence-electron chi connectivity index (χ1n) is 16.5. The molecule has 1 heterocycles. The predicted octanol–water partition coefficient (Wildman–Crippen LogP) is 7.38. The molecule has 1 aromatic heterocycles. The van der Waals surface area contributed by atoms with E-state index in [9.17, 15) is 14.4 Å². The van der Waals surface area contributed by atoms with Crippen molar-refractivity contribution in [1.29, 1.82) is 0 Å². The summed E-state index contributed by atoms with van der Waals surface area (Å²) in [5.74, 6) is -0.204. The summed E-state index contributed by atoms with van der Waals surface area (Å²) in [6, 6.07) is 23.1. The molecule has 0 saturated carbocycles. The highest BCUT2D eigenvalue weighted by Crippen LogP contribution is 2.24. The van der Waals surface area contributed by atoms with Crippen molar-refractivity contribution in [3.05, 3.63) is 102 Å². The number of aryl methyl sites for hydroxylation is 1. The molecule has 3 aromatic carbocycles. The lowest BCUT2D eigenvalue weighted by Gasteiger charge is -2.18. The Kier molecular flexibility index (Phi) is 14.8. The number of nitrogens with zero attached hydrogens (tertiary/aromatic N) is 2. The van der Waals surface area contributed by atoms with Crippen LogP contribution in [0.3, 0.4) is 0 Å². The van der Waals surface area contributed by atoms with Gasteiger partial charge < -0.3 is 20.9 Å². The molecule has 0 saturated heterocycles. The van der Waals surface area contributed by atoms with Gasteiger partial charge in [-0.2, -0.15) is 0 Å². The standard InChI is InChI=1S/C28H33N3O4.C11H15NO/c1-2-3-4-5-6-17-35-25-14-12-22(13-15-25)24-18-30-28(31-19-24)23-10-7-21(8-11-23)9-16-26(32)29-20-27(33)34;1-11(2,3)9-6-4-8(5-7-9)10(12)13/h7-8,10-15,18-19H,2-6,9,16-17,20H2,1H3,(H,29,32)(H,33,34);4-7H,1-3H3,(H2,12,13). The van der Waals surface area contributed by atoms with E-state index in [1.165, 1.54) is 31.2 Å². The van der Waals surface area contributed by atoms with Crippen LogP contribution in [0.4, 0.5) is 0 Å². The highest BCUT2D eigenvalue weighted by atomic mass is 16.5. The number of carboxylic acid groups (broad SMARTS) is 1. The van der Waals surface area contributed by atoms with Crippen molar-refractivity contribution in [2.45, 2.75) is 78.1 Å². The average Bonchev–Trinajstić information content (AvgIpc) is 3.08. The molecule has 254 valence electrons. The van der Waals surface area contributed by atoms with Gasteiger partial charge in [-0.3, -0.25) is 14.4 Å². The summed E-state index contributed by atoms with van der Waals surface area (Å²) in [6.07, 6.45) is 10.5. The molecule has 0 radical (unpaired) electrons. The molecule has 0 aliphatic heterocycles. The fourth-order valence-corrected chi connectivity index (χ4v) is 4.74. The summed E-state index contributed by atoms with van der Waals surface area (Å²) in [7, 11) is 0. The highest BCUT2D eigenvalue weighted by molar-refractivity contribution is 5.92. The maximum absolute atomic E-state index is 11.7. The van der Waals surface area contributed by atoms with Crippen molar-refractivity contribution in [2.24, 2.45) is 5.73 Å². The second kappa shape index (κ2) is 18.9. The van der Waals surface area contributed by atoms with Crippen LogP contribution in [0.15, 0.2) is 85.2 Å². The molecule has 48 heavy (non-hydrogen) atoms. The van der Waals surface area contributed by atoms with Crippen molar-refractivity contribution >= 4 is 17.8 Å². The number of benzene rings is 3. The molecule has 0 fully saturated rings. The van der Waals surface area contributed by atoms with E-state index in [2.05, 4.69) is 43.0 Å². The number of aliphatic carboxylic acids is 1. The summed E-state index contributed by atoms with van der Waals surface area (Å²) in [4.78, 5) is 42.0. The second-order valence-corrected chi connectivity index (χ2v) is 12.6. The van der Waals surface area contributed by atoms with Gasteiger partial charge in [-0.25, -0.2) is 9.97 Å². The van der Waals surface area contributed by atoms with Crippen LogP contribution in [-0.2, 0) is 21.4 Å². The first-order chi connectivity index (χ1) is 23.0. The van der Waals surface area contributed by atoms with Crippen LogP contribution in [-0.4, -0.2) is 46.0 Å². The number of nitrogens with two attached hydrogens (primary N) is 1. The number of hydrogen-bond donors (Lipinski definition) is 3. The molecule has 2 amide bonds. The number of ether oxygens (including phenoxy) is 1. The van der Waals surface area contributed by atoms with E-state index >= 15 is 0 Å². The number of carbonyl (C=O) groups excluding carboxylic acids is 2. The number of hydrogen-bond acceptors (Lipinski definition) is 6. The topological polar surface area (TPSA) is 144 Å². The molecule has 4 N–H and O–H groups in total. The number of aromatic nitrogens is 2. The fourth-order valence-electron chi connectivity index (χ4n) is 4.74. The number of nitrogens with one attached hydrogen (secondary N) is 1. The van der Waals surface area contributed by atoms with Gasteiger partial charge in [-0.05, 0) is 59.2 Å². The molecule has 0 bridgehead atoms. The molecule has 4 aromatic rings. The molecule has 0 aliphatic carbocycles. The van der Waals surface area contributed by atoms with Crippen molar-refractivity contribution in [3.8, 4) is 28.3 Å². The van der Waals surface area contributed by atoms with E-state index in [0.29, 0.717) is 17.8 Å². The van der Waals surface area contributed by atoms with Crippen LogP contribution in [0.1, 0.15) is 87.7 Å². The Morgan fingerprint density at radius 2 is 1.40 bits per heavy atom. The van der Waals surface area contributed by atoms with Crippen molar-refractivity contribution < 1.29 is 24.2 Å². The van der Waals surface area contributed by atoms with Crippen molar-refractivity contribution in [1.82, 2.24) is 15.3 Å². The van der Waals surface area contributed by atoms with E-state index in [4.69, 9.17) is 15.6 Å². The lowest BCUT2D eigenvalue weighted by molar-refractivity contribution is -0.137. The largest absolute Gasteiger partial charge is 0.494 e. The summed E-state index contributed by atoms with van der Waals surface area (Å²) < 4.78 is 5.84. The lowest BCUT2D eigenvalue weighted by atomic mass is 9.87. The zero-order valence-corrected chi connectivity index (χ0v) is 28.5. The summed E-state index contributed by atoms with van der Waals surface area (Å²) in [5.41, 5.74) is 10.9. The van der Waals surface area contributed by atoms with Crippen LogP contribution < -0.4 is 15.8 Å². The average molecular weight is 653 g/mol. The van der Waals surface area contributed by atoms with E-state index in [1.54, 1.807) is 12.1 Å². The van der Waals surface area contributed by atoms with Crippen molar-refractivity contribution in [3.63, 3.8) is 0 Å². The fraction of sp³-hybridized carbons (Fsp3) is 0.359. The molecule has 0 aliphatic rings. The van der Waals surface area contributed by atoms with Crippen LogP contribution in [0, 0.1) is 0 Å². The molecule has 9 heteroatoms. The SMILES string of the molecule is CC(C)(C)c1ccc(C(N)=O)cc1.CCCCCCCOc1ccc(-c2cnc(-c3ccc(CCC(=O)NCC(=O)O)cc3)nc2)cc1. The Balaban J connectivity index is 0.000000402. The molecule has 0 unspecified atom stereocenters. The Morgan fingerprint density at radius 3 is 1.96 bits per heavy atom. The minimum Gasteiger partial charge on any atom is -0.494 e. The van der Waals surface area contributed by atoms with Crippen LogP contribution in [0.2, 0.25) is 0 Å². The molecular weight excluding hydrogens is 604 g/mol. The van der Waals surface area contributed by atoms with Crippen LogP contribution in [0.5, 0.6) is 5.75 Å². The Bertz CT molecular complexity index is 1580. The number of primary amides is 1. The number of carboxylic acids is 1. The molecular formula is C39H48N4O5. The molecule has 9 nitrogen and oxygen atoms in total. The zero-order chi connectivity index (χ0) is 34.9. The van der Waals surface area contributed by atoms with Gasteiger partial charge in [0.1, 0.15) is 12.3 Å². The monoisotopic (exact) mass is 652 g/mol. The number of carbonyl (C=O) groups is 3. The number of unbranched alkanes of at least 4 members (excludes halogenated alkanes) is 4. The molecule has 0 spiro atoms. The van der Waals surface area contributed by atoms with E-state index < -0.39 is 5.97 Å². The quantitative estimate of drug-likeness (QED) is 0.114. The number of amides is 2. The minimum absolute atomic E-state index is 0.121. The normalized spacial score (nSPS) is 10.8. The van der Waals surface area contributed by atoms with Gasteiger partial charge in [0.05, 0.1) is 6.61 Å². The highest BCUT2D eigenvalue weighted by Gasteiger charge is 2.13. The van der Waals surface area contributed by atoms with E-state index in [1.807, 2.05) is 73.1 Å². The van der Waals surface area contributed by atoms with Crippen LogP contribution in [0.25, 0.3) is 22.5 Å². The first kappa shape index (κ1) is 37.4. The first-order valence-corrected chi connectivity index (χ1v) is 16.5. The molecule has 4 rings (SSSR count). The Hall–Kier alpha value is -5.05. The van der Waals surface area contributed by atoms with Gasteiger partial charge in [0.15, 0.2) is 5.82 Å². The van der Waals surface area contributed by atoms with Crippen LogP contribution >= 0.6 is 0 Å². The smallest absolute Gasteiger partial charge is 0.322 e. The lowest BCUT2D eigenvalue weighted by Crippen LogP contribution is -2.29. The third-order valence-corrected chi connectivity index (χ3v) is 7.68. The Morgan fingerprint density at radius 1 is 0.792 bits per heavy atom. The van der Waals surface area contributed by atoms with Gasteiger partial charge in [-0.15, -0.1) is 0 Å². The van der Waals surface area contributed by atoms with Crippen molar-refractivity contribution in [2.75, 3.05) is 13.2 Å². The number of rotatable bonds is 15. The van der Waals surface area contributed by atoms with Gasteiger partial charge in [0.25, 0.3) is 0 Å². The van der Waals surface area contributed by atoms with Gasteiger partial charge >= 0.3 is 5.97 Å². The maximum Gasteiger partial charge on any atom is 0.322 e. The Labute approximate surface area is 284 Å². The van der Waals surface area contributed by atoms with Gasteiger partial charge in [0.2, 0.25) is 11.8 Å². The van der Waals surface area contributed by atoms with E-state index in [-0.39, 0.29) is 30.2 Å². The van der Waals surface area contributed by atoms with E-state index in [0.717, 1.165) is 41.0 Å². The third kappa shape index (κ3) is 13.0. The minimum atomic E-state index is -1.05. The molecule has 0 atom stereocenters. The summed E-state index contributed by atoms with van der Waals surface area (Å²) in [5, 5.41) is 11.0.